The third-order valence-electron chi connectivity index (χ3n) is 3.76. The van der Waals surface area contributed by atoms with Crippen molar-refractivity contribution in [2.75, 3.05) is 5.73 Å². The molecule has 2 aromatic heterocycles. The SMILES string of the molecule is Nc1c(-c2cnc3ccccc3n2)[nH]c2ccc(CBr)cc12. The number of nitrogens with two attached hydrogens (primary N) is 1. The normalized spacial score (nSPS) is 11.3. The Labute approximate surface area is 135 Å². The van der Waals surface area contributed by atoms with E-state index in [9.17, 15) is 0 Å². The number of H-pyrrole nitrogens is 1. The van der Waals surface area contributed by atoms with Gasteiger partial charge in [-0.1, -0.05) is 34.1 Å². The molecule has 0 unspecified atom stereocenters. The number of para-hydroxylation sites is 2. The Balaban J connectivity index is 1.93. The molecule has 2 aromatic carbocycles. The third-order valence-corrected chi connectivity index (χ3v) is 4.41. The number of hydrogen-bond donors (Lipinski definition) is 2. The Morgan fingerprint density at radius 1 is 1.09 bits per heavy atom. The monoisotopic (exact) mass is 352 g/mol. The van der Waals surface area contributed by atoms with Gasteiger partial charge < -0.3 is 10.7 Å². The lowest BCUT2D eigenvalue weighted by molar-refractivity contribution is 1.27. The fourth-order valence-corrected chi connectivity index (χ4v) is 2.97. The first kappa shape index (κ1) is 13.3. The van der Waals surface area contributed by atoms with Crippen LogP contribution in [0.4, 0.5) is 5.69 Å². The van der Waals surface area contributed by atoms with Gasteiger partial charge in [-0.2, -0.15) is 0 Å². The van der Waals surface area contributed by atoms with E-state index in [1.807, 2.05) is 30.3 Å². The maximum atomic E-state index is 6.32. The van der Waals surface area contributed by atoms with Crippen molar-refractivity contribution >= 4 is 43.6 Å². The van der Waals surface area contributed by atoms with Gasteiger partial charge in [0, 0.05) is 16.2 Å². The first-order chi connectivity index (χ1) is 10.8. The molecule has 0 aliphatic rings. The number of nitrogens with zero attached hydrogens (tertiary/aromatic N) is 2. The molecule has 4 rings (SSSR count). The summed E-state index contributed by atoms with van der Waals surface area (Å²) < 4.78 is 0. The summed E-state index contributed by atoms with van der Waals surface area (Å²) in [5.74, 6) is 0. The Morgan fingerprint density at radius 3 is 2.73 bits per heavy atom. The van der Waals surface area contributed by atoms with E-state index >= 15 is 0 Å². The van der Waals surface area contributed by atoms with Gasteiger partial charge >= 0.3 is 0 Å². The highest BCUT2D eigenvalue weighted by atomic mass is 79.9. The number of aromatic amines is 1. The van der Waals surface area contributed by atoms with Crippen LogP contribution < -0.4 is 5.73 Å². The van der Waals surface area contributed by atoms with Gasteiger partial charge in [-0.15, -0.1) is 0 Å². The molecule has 0 aliphatic carbocycles. The molecular formula is C17H13BrN4. The van der Waals surface area contributed by atoms with Crippen molar-refractivity contribution in [3.05, 3.63) is 54.2 Å². The summed E-state index contributed by atoms with van der Waals surface area (Å²) in [7, 11) is 0. The molecule has 0 fully saturated rings. The van der Waals surface area contributed by atoms with Crippen molar-refractivity contribution < 1.29 is 0 Å². The lowest BCUT2D eigenvalue weighted by Crippen LogP contribution is -1.92. The summed E-state index contributed by atoms with van der Waals surface area (Å²) in [4.78, 5) is 12.5. The Kier molecular flexibility index (Phi) is 3.08. The van der Waals surface area contributed by atoms with Crippen LogP contribution in [-0.2, 0) is 5.33 Å². The number of aromatic nitrogens is 3. The standard InChI is InChI=1S/C17H13BrN4/c18-8-10-5-6-12-11(7-10)16(19)17(22-12)15-9-20-13-3-1-2-4-14(13)21-15/h1-7,9,22H,8,19H2. The smallest absolute Gasteiger partial charge is 0.108 e. The largest absolute Gasteiger partial charge is 0.396 e. The van der Waals surface area contributed by atoms with Crippen LogP contribution in [0.5, 0.6) is 0 Å². The Morgan fingerprint density at radius 2 is 1.91 bits per heavy atom. The fraction of sp³-hybridized carbons (Fsp3) is 0.0588. The molecule has 0 saturated carbocycles. The van der Waals surface area contributed by atoms with E-state index in [1.54, 1.807) is 6.20 Å². The molecule has 0 bridgehead atoms. The molecule has 5 heteroatoms. The number of hydrogen-bond acceptors (Lipinski definition) is 3. The molecular weight excluding hydrogens is 340 g/mol. The average Bonchev–Trinajstić information content (AvgIpc) is 2.90. The molecule has 4 aromatic rings. The van der Waals surface area contributed by atoms with Crippen LogP contribution >= 0.6 is 15.9 Å². The van der Waals surface area contributed by atoms with Crippen molar-refractivity contribution in [2.24, 2.45) is 0 Å². The van der Waals surface area contributed by atoms with Gasteiger partial charge in [-0.25, -0.2) is 4.98 Å². The van der Waals surface area contributed by atoms with Crippen molar-refractivity contribution in [1.29, 1.82) is 0 Å². The summed E-state index contributed by atoms with van der Waals surface area (Å²) in [6.07, 6.45) is 1.76. The van der Waals surface area contributed by atoms with E-state index in [0.29, 0.717) is 5.69 Å². The van der Waals surface area contributed by atoms with Crippen LogP contribution in [0.15, 0.2) is 48.7 Å². The average molecular weight is 353 g/mol. The molecule has 0 spiro atoms. The summed E-state index contributed by atoms with van der Waals surface area (Å²) >= 11 is 3.47. The van der Waals surface area contributed by atoms with Crippen LogP contribution in [0.25, 0.3) is 33.3 Å². The van der Waals surface area contributed by atoms with E-state index in [4.69, 9.17) is 5.73 Å². The molecule has 108 valence electrons. The zero-order valence-electron chi connectivity index (χ0n) is 11.7. The van der Waals surface area contributed by atoms with Gasteiger partial charge in [0.15, 0.2) is 0 Å². The topological polar surface area (TPSA) is 67.6 Å². The molecule has 2 heterocycles. The Bertz CT molecular complexity index is 990. The van der Waals surface area contributed by atoms with Crippen molar-refractivity contribution in [1.82, 2.24) is 15.0 Å². The van der Waals surface area contributed by atoms with Gasteiger partial charge in [0.1, 0.15) is 5.69 Å². The lowest BCUT2D eigenvalue weighted by atomic mass is 10.1. The van der Waals surface area contributed by atoms with E-state index in [1.165, 1.54) is 5.56 Å². The number of fused-ring (bicyclic) bond motifs is 2. The molecule has 0 amide bonds. The van der Waals surface area contributed by atoms with E-state index < -0.39 is 0 Å². The highest BCUT2D eigenvalue weighted by Gasteiger charge is 2.13. The molecule has 0 radical (unpaired) electrons. The number of nitrogens with one attached hydrogen (secondary N) is 1. The number of benzene rings is 2. The second-order valence-corrected chi connectivity index (χ2v) is 5.73. The van der Waals surface area contributed by atoms with Gasteiger partial charge in [-0.05, 0) is 29.8 Å². The number of anilines is 1. The van der Waals surface area contributed by atoms with Crippen LogP contribution in [0.2, 0.25) is 0 Å². The predicted molar refractivity (Wildman–Crippen MR) is 93.9 cm³/mol. The van der Waals surface area contributed by atoms with Crippen LogP contribution in [-0.4, -0.2) is 15.0 Å². The molecule has 0 atom stereocenters. The lowest BCUT2D eigenvalue weighted by Gasteiger charge is -2.01. The number of nitrogen functional groups attached to an aromatic ring is 1. The molecule has 3 N–H and O–H groups in total. The highest BCUT2D eigenvalue weighted by Crippen LogP contribution is 2.32. The Hall–Kier alpha value is -2.40. The van der Waals surface area contributed by atoms with Crippen LogP contribution in [0, 0.1) is 0 Å². The zero-order valence-corrected chi connectivity index (χ0v) is 13.3. The maximum Gasteiger partial charge on any atom is 0.108 e. The summed E-state index contributed by atoms with van der Waals surface area (Å²) in [6.45, 7) is 0. The summed E-state index contributed by atoms with van der Waals surface area (Å²) in [6, 6.07) is 14.0. The number of alkyl halides is 1. The second-order valence-electron chi connectivity index (χ2n) is 5.17. The first-order valence-electron chi connectivity index (χ1n) is 6.94. The van der Waals surface area contributed by atoms with Crippen LogP contribution in [0.3, 0.4) is 0 Å². The minimum absolute atomic E-state index is 0.711. The minimum atomic E-state index is 0.711. The van der Waals surface area contributed by atoms with Gasteiger partial charge in [0.05, 0.1) is 28.6 Å². The van der Waals surface area contributed by atoms with E-state index in [0.717, 1.165) is 38.7 Å². The number of halogens is 1. The molecule has 22 heavy (non-hydrogen) atoms. The van der Waals surface area contributed by atoms with Gasteiger partial charge in [0.2, 0.25) is 0 Å². The fourth-order valence-electron chi connectivity index (χ4n) is 2.62. The maximum absolute atomic E-state index is 6.32. The summed E-state index contributed by atoms with van der Waals surface area (Å²) in [5, 5.41) is 1.82. The predicted octanol–water partition coefficient (Wildman–Crippen LogP) is 4.26. The van der Waals surface area contributed by atoms with Crippen molar-refractivity contribution in [2.45, 2.75) is 5.33 Å². The number of rotatable bonds is 2. The summed E-state index contributed by atoms with van der Waals surface area (Å²) in [5.41, 5.74) is 12.5. The highest BCUT2D eigenvalue weighted by molar-refractivity contribution is 9.08. The minimum Gasteiger partial charge on any atom is -0.396 e. The van der Waals surface area contributed by atoms with E-state index in [-0.39, 0.29) is 0 Å². The van der Waals surface area contributed by atoms with Crippen LogP contribution in [0.1, 0.15) is 5.56 Å². The quantitative estimate of drug-likeness (QED) is 0.529. The molecule has 0 saturated heterocycles. The first-order valence-corrected chi connectivity index (χ1v) is 8.06. The molecule has 4 nitrogen and oxygen atoms in total. The van der Waals surface area contributed by atoms with Crippen molar-refractivity contribution in [3.8, 4) is 11.4 Å². The zero-order chi connectivity index (χ0) is 15.1. The van der Waals surface area contributed by atoms with Gasteiger partial charge in [0.25, 0.3) is 0 Å². The van der Waals surface area contributed by atoms with Crippen molar-refractivity contribution in [3.63, 3.8) is 0 Å². The van der Waals surface area contributed by atoms with Gasteiger partial charge in [-0.3, -0.25) is 4.98 Å². The molecule has 0 aliphatic heterocycles. The third kappa shape index (κ3) is 2.05. The second kappa shape index (κ2) is 5.10. The van der Waals surface area contributed by atoms with E-state index in [2.05, 4.69) is 43.0 Å².